The van der Waals surface area contributed by atoms with Gasteiger partial charge in [0, 0.05) is 12.1 Å². The standard InChI is InChI=1S/C20H18N2O4S/c21-27(24,25)19-11-9-16(10-12-19)20(23)22-14-15-5-4-8-18(13-15)26-17-6-2-1-3-7-17/h1-13H,14H2,(H,22,23)(H2,21,24,25). The maximum Gasteiger partial charge on any atom is 0.251 e. The first-order chi connectivity index (χ1) is 12.9. The Bertz CT molecular complexity index is 1030. The number of hydrogen-bond acceptors (Lipinski definition) is 4. The molecule has 0 aromatic heterocycles. The third kappa shape index (κ3) is 5.16. The zero-order chi connectivity index (χ0) is 19.3. The van der Waals surface area contributed by atoms with Crippen molar-refractivity contribution in [1.29, 1.82) is 0 Å². The first kappa shape index (κ1) is 18.6. The van der Waals surface area contributed by atoms with Crippen LogP contribution in [0.5, 0.6) is 11.5 Å². The number of primary sulfonamides is 1. The van der Waals surface area contributed by atoms with Crippen LogP contribution in [0.3, 0.4) is 0 Å². The van der Waals surface area contributed by atoms with Gasteiger partial charge in [-0.3, -0.25) is 4.79 Å². The number of nitrogens with one attached hydrogen (secondary N) is 1. The SMILES string of the molecule is NS(=O)(=O)c1ccc(C(=O)NCc2cccc(Oc3ccccc3)c2)cc1. The summed E-state index contributed by atoms with van der Waals surface area (Å²) in [6, 6.07) is 22.3. The number of hydrogen-bond donors (Lipinski definition) is 2. The van der Waals surface area contributed by atoms with Crippen molar-refractivity contribution in [2.45, 2.75) is 11.4 Å². The van der Waals surface area contributed by atoms with E-state index in [4.69, 9.17) is 9.88 Å². The molecule has 0 spiro atoms. The number of rotatable bonds is 6. The number of nitrogens with two attached hydrogens (primary N) is 1. The Hall–Kier alpha value is -3.16. The molecule has 0 atom stereocenters. The summed E-state index contributed by atoms with van der Waals surface area (Å²) in [5, 5.41) is 7.84. The lowest BCUT2D eigenvalue weighted by molar-refractivity contribution is 0.0950. The number of para-hydroxylation sites is 1. The Labute approximate surface area is 157 Å². The van der Waals surface area contributed by atoms with Gasteiger partial charge in [0.1, 0.15) is 11.5 Å². The fourth-order valence-electron chi connectivity index (χ4n) is 2.42. The van der Waals surface area contributed by atoms with E-state index in [-0.39, 0.29) is 10.8 Å². The second-order valence-electron chi connectivity index (χ2n) is 5.81. The summed E-state index contributed by atoms with van der Waals surface area (Å²) >= 11 is 0. The highest BCUT2D eigenvalue weighted by atomic mass is 32.2. The van der Waals surface area contributed by atoms with Gasteiger partial charge in [-0.15, -0.1) is 0 Å². The van der Waals surface area contributed by atoms with Gasteiger partial charge in [0.25, 0.3) is 5.91 Å². The molecule has 7 heteroatoms. The van der Waals surface area contributed by atoms with E-state index < -0.39 is 10.0 Å². The van der Waals surface area contributed by atoms with Crippen molar-refractivity contribution in [3.05, 3.63) is 90.0 Å². The molecule has 138 valence electrons. The lowest BCUT2D eigenvalue weighted by Crippen LogP contribution is -2.23. The van der Waals surface area contributed by atoms with Gasteiger partial charge in [-0.05, 0) is 54.1 Å². The van der Waals surface area contributed by atoms with E-state index in [1.807, 2.05) is 54.6 Å². The fourth-order valence-corrected chi connectivity index (χ4v) is 2.94. The van der Waals surface area contributed by atoms with Gasteiger partial charge in [-0.25, -0.2) is 13.6 Å². The minimum absolute atomic E-state index is 0.0372. The third-order valence-corrected chi connectivity index (χ3v) is 4.70. The van der Waals surface area contributed by atoms with E-state index in [2.05, 4.69) is 5.32 Å². The largest absolute Gasteiger partial charge is 0.457 e. The summed E-state index contributed by atoms with van der Waals surface area (Å²) in [5.74, 6) is 1.09. The predicted molar refractivity (Wildman–Crippen MR) is 102 cm³/mol. The van der Waals surface area contributed by atoms with Crippen LogP contribution in [0.4, 0.5) is 0 Å². The molecular formula is C20H18N2O4S. The lowest BCUT2D eigenvalue weighted by atomic mass is 10.2. The lowest BCUT2D eigenvalue weighted by Gasteiger charge is -2.09. The van der Waals surface area contributed by atoms with Crippen LogP contribution in [0.2, 0.25) is 0 Å². The highest BCUT2D eigenvalue weighted by Crippen LogP contribution is 2.21. The van der Waals surface area contributed by atoms with Crippen molar-refractivity contribution in [1.82, 2.24) is 5.32 Å². The number of benzene rings is 3. The molecule has 3 N–H and O–H groups in total. The molecule has 0 aliphatic rings. The Balaban J connectivity index is 1.63. The van der Waals surface area contributed by atoms with Crippen molar-refractivity contribution < 1.29 is 17.9 Å². The van der Waals surface area contributed by atoms with Gasteiger partial charge in [0.2, 0.25) is 10.0 Å². The molecule has 3 rings (SSSR count). The molecule has 0 saturated carbocycles. The molecule has 0 heterocycles. The number of carbonyl (C=O) groups excluding carboxylic acids is 1. The van der Waals surface area contributed by atoms with Gasteiger partial charge < -0.3 is 10.1 Å². The molecular weight excluding hydrogens is 364 g/mol. The van der Waals surface area contributed by atoms with Crippen molar-refractivity contribution in [3.63, 3.8) is 0 Å². The smallest absolute Gasteiger partial charge is 0.251 e. The molecule has 3 aromatic rings. The molecule has 0 unspecified atom stereocenters. The van der Waals surface area contributed by atoms with E-state index in [9.17, 15) is 13.2 Å². The van der Waals surface area contributed by atoms with Crippen molar-refractivity contribution in [2.24, 2.45) is 5.14 Å². The summed E-state index contributed by atoms with van der Waals surface area (Å²) in [7, 11) is -3.78. The Morgan fingerprint density at radius 2 is 1.56 bits per heavy atom. The van der Waals surface area contributed by atoms with Crippen molar-refractivity contribution in [3.8, 4) is 11.5 Å². The molecule has 0 bridgehead atoms. The second kappa shape index (κ2) is 8.03. The van der Waals surface area contributed by atoms with E-state index in [0.717, 1.165) is 11.3 Å². The average molecular weight is 382 g/mol. The molecule has 0 radical (unpaired) electrons. The fraction of sp³-hybridized carbons (Fsp3) is 0.0500. The van der Waals surface area contributed by atoms with Crippen LogP contribution in [0, 0.1) is 0 Å². The highest BCUT2D eigenvalue weighted by Gasteiger charge is 2.10. The Morgan fingerprint density at radius 1 is 0.889 bits per heavy atom. The van der Waals surface area contributed by atoms with Crippen LogP contribution in [0.1, 0.15) is 15.9 Å². The Kier molecular flexibility index (Phi) is 5.54. The molecule has 3 aromatic carbocycles. The van der Waals surface area contributed by atoms with Crippen LogP contribution < -0.4 is 15.2 Å². The zero-order valence-electron chi connectivity index (χ0n) is 14.3. The number of carbonyl (C=O) groups is 1. The number of sulfonamides is 1. The molecule has 6 nitrogen and oxygen atoms in total. The van der Waals surface area contributed by atoms with Crippen LogP contribution in [0.15, 0.2) is 83.8 Å². The van der Waals surface area contributed by atoms with Crippen molar-refractivity contribution in [2.75, 3.05) is 0 Å². The summed E-state index contributed by atoms with van der Waals surface area (Å²) in [4.78, 5) is 12.2. The number of ether oxygens (including phenoxy) is 1. The van der Waals surface area contributed by atoms with Crippen molar-refractivity contribution >= 4 is 15.9 Å². The van der Waals surface area contributed by atoms with Crippen LogP contribution in [0.25, 0.3) is 0 Å². The molecule has 0 fully saturated rings. The first-order valence-electron chi connectivity index (χ1n) is 8.15. The second-order valence-corrected chi connectivity index (χ2v) is 7.38. The topological polar surface area (TPSA) is 98.5 Å². The molecule has 27 heavy (non-hydrogen) atoms. The van der Waals surface area contributed by atoms with Gasteiger partial charge in [0.05, 0.1) is 4.90 Å². The summed E-state index contributed by atoms with van der Waals surface area (Å²) in [5.41, 5.74) is 1.22. The molecule has 1 amide bonds. The summed E-state index contributed by atoms with van der Waals surface area (Å²) in [6.07, 6.45) is 0. The van der Waals surface area contributed by atoms with Crippen LogP contribution >= 0.6 is 0 Å². The minimum Gasteiger partial charge on any atom is -0.457 e. The van der Waals surface area contributed by atoms with Gasteiger partial charge in [-0.1, -0.05) is 30.3 Å². The van der Waals surface area contributed by atoms with Crippen LogP contribution in [-0.2, 0) is 16.6 Å². The summed E-state index contributed by atoms with van der Waals surface area (Å²) in [6.45, 7) is 0.307. The number of amides is 1. The molecule has 0 aliphatic carbocycles. The zero-order valence-corrected chi connectivity index (χ0v) is 15.1. The van der Waals surface area contributed by atoms with Gasteiger partial charge >= 0.3 is 0 Å². The third-order valence-electron chi connectivity index (χ3n) is 3.78. The molecule has 0 saturated heterocycles. The highest BCUT2D eigenvalue weighted by molar-refractivity contribution is 7.89. The molecule has 0 aliphatic heterocycles. The van der Waals surface area contributed by atoms with E-state index in [1.165, 1.54) is 24.3 Å². The monoisotopic (exact) mass is 382 g/mol. The van der Waals surface area contributed by atoms with E-state index in [0.29, 0.717) is 17.9 Å². The average Bonchev–Trinajstić information content (AvgIpc) is 2.67. The van der Waals surface area contributed by atoms with Crippen LogP contribution in [-0.4, -0.2) is 14.3 Å². The van der Waals surface area contributed by atoms with E-state index >= 15 is 0 Å². The summed E-state index contributed by atoms with van der Waals surface area (Å²) < 4.78 is 28.3. The van der Waals surface area contributed by atoms with Gasteiger partial charge in [-0.2, -0.15) is 0 Å². The van der Waals surface area contributed by atoms with Gasteiger partial charge in [0.15, 0.2) is 0 Å². The normalized spacial score (nSPS) is 11.0. The maximum absolute atomic E-state index is 12.2. The van der Waals surface area contributed by atoms with E-state index in [1.54, 1.807) is 0 Å². The maximum atomic E-state index is 12.2. The predicted octanol–water partition coefficient (Wildman–Crippen LogP) is 3.06. The first-order valence-corrected chi connectivity index (χ1v) is 9.69. The quantitative estimate of drug-likeness (QED) is 0.684. The Morgan fingerprint density at radius 3 is 2.22 bits per heavy atom. The minimum atomic E-state index is -3.78.